The van der Waals surface area contributed by atoms with Gasteiger partial charge in [-0.3, -0.25) is 4.79 Å². The highest BCUT2D eigenvalue weighted by Gasteiger charge is 2.11. The van der Waals surface area contributed by atoms with E-state index in [-0.39, 0.29) is 5.97 Å². The molecule has 0 saturated carbocycles. The maximum Gasteiger partial charge on any atom is 0.306 e. The van der Waals surface area contributed by atoms with Crippen LogP contribution in [0.5, 0.6) is 0 Å². The lowest BCUT2D eigenvalue weighted by molar-refractivity contribution is -0.140. The van der Waals surface area contributed by atoms with Crippen molar-refractivity contribution in [2.24, 2.45) is 5.92 Å². The number of methoxy groups -OCH3 is 1. The molecule has 0 heterocycles. The smallest absolute Gasteiger partial charge is 0.306 e. The van der Waals surface area contributed by atoms with Crippen molar-refractivity contribution in [3.05, 3.63) is 0 Å². The third-order valence-corrected chi connectivity index (χ3v) is 3.33. The highest BCUT2D eigenvalue weighted by atomic mass is 32.2. The van der Waals surface area contributed by atoms with Crippen LogP contribution in [0.25, 0.3) is 0 Å². The predicted molar refractivity (Wildman–Crippen MR) is 66.3 cm³/mol. The van der Waals surface area contributed by atoms with Gasteiger partial charge in [0, 0.05) is 17.5 Å². The number of carbonyl (C=O) groups is 1. The van der Waals surface area contributed by atoms with Crippen LogP contribution in [0, 0.1) is 5.92 Å². The van der Waals surface area contributed by atoms with E-state index in [0.717, 1.165) is 18.1 Å². The summed E-state index contributed by atoms with van der Waals surface area (Å²) in [7, 11) is 1.43. The van der Waals surface area contributed by atoms with Gasteiger partial charge >= 0.3 is 5.97 Å². The minimum absolute atomic E-state index is 0.118. The Hall–Kier alpha value is -0.220. The van der Waals surface area contributed by atoms with Gasteiger partial charge in [0.25, 0.3) is 0 Å². The van der Waals surface area contributed by atoms with Crippen LogP contribution in [-0.2, 0) is 9.53 Å². The van der Waals surface area contributed by atoms with E-state index in [9.17, 15) is 4.79 Å². The second-order valence-electron chi connectivity index (χ2n) is 3.81. The number of thioether (sulfide) groups is 1. The van der Waals surface area contributed by atoms with Crippen molar-refractivity contribution in [2.45, 2.75) is 33.2 Å². The molecule has 0 radical (unpaired) electrons. The Kier molecular flexibility index (Phi) is 8.91. The maximum atomic E-state index is 10.9. The van der Waals surface area contributed by atoms with E-state index in [0.29, 0.717) is 18.4 Å². The minimum atomic E-state index is -0.118. The molecule has 3 nitrogen and oxygen atoms in total. The topological polar surface area (TPSA) is 38.3 Å². The first-order chi connectivity index (χ1) is 7.11. The summed E-state index contributed by atoms with van der Waals surface area (Å²) >= 11 is 1.81. The third-order valence-electron chi connectivity index (χ3n) is 2.25. The van der Waals surface area contributed by atoms with Crippen LogP contribution < -0.4 is 5.32 Å². The molecule has 90 valence electrons. The number of ether oxygens (including phenoxy) is 1. The summed E-state index contributed by atoms with van der Waals surface area (Å²) < 4.78 is 4.58. The zero-order valence-corrected chi connectivity index (χ0v) is 11.0. The van der Waals surface area contributed by atoms with Gasteiger partial charge in [-0.2, -0.15) is 11.8 Å². The highest BCUT2D eigenvalue weighted by Crippen LogP contribution is 2.11. The molecule has 0 rings (SSSR count). The van der Waals surface area contributed by atoms with Crippen molar-refractivity contribution in [1.82, 2.24) is 5.32 Å². The van der Waals surface area contributed by atoms with E-state index in [2.05, 4.69) is 30.8 Å². The fourth-order valence-corrected chi connectivity index (χ4v) is 2.45. The third kappa shape index (κ3) is 7.68. The zero-order valence-electron chi connectivity index (χ0n) is 10.2. The monoisotopic (exact) mass is 233 g/mol. The minimum Gasteiger partial charge on any atom is -0.469 e. The predicted octanol–water partition coefficient (Wildman–Crippen LogP) is 1.92. The molecule has 0 spiro atoms. The molecule has 0 fully saturated rings. The first kappa shape index (κ1) is 14.8. The van der Waals surface area contributed by atoms with Gasteiger partial charge in [-0.15, -0.1) is 0 Å². The molecule has 0 aromatic carbocycles. The van der Waals surface area contributed by atoms with Crippen LogP contribution in [0.2, 0.25) is 0 Å². The fourth-order valence-electron chi connectivity index (χ4n) is 1.22. The van der Waals surface area contributed by atoms with Crippen molar-refractivity contribution in [3.8, 4) is 0 Å². The molecule has 4 heteroatoms. The van der Waals surface area contributed by atoms with Gasteiger partial charge in [-0.25, -0.2) is 0 Å². The summed E-state index contributed by atoms with van der Waals surface area (Å²) in [6, 6.07) is 0.539. The summed E-state index contributed by atoms with van der Waals surface area (Å²) in [5.41, 5.74) is 0. The SMILES string of the molecule is CCNC(CSCCC(=O)OC)C(C)C. The number of carbonyl (C=O) groups excluding carboxylic acids is 1. The molecular formula is C11H23NO2S. The van der Waals surface area contributed by atoms with Crippen molar-refractivity contribution in [2.75, 3.05) is 25.2 Å². The van der Waals surface area contributed by atoms with E-state index in [4.69, 9.17) is 0 Å². The van der Waals surface area contributed by atoms with Crippen molar-refractivity contribution in [3.63, 3.8) is 0 Å². The Balaban J connectivity index is 3.57. The van der Waals surface area contributed by atoms with Gasteiger partial charge in [-0.05, 0) is 12.5 Å². The number of esters is 1. The maximum absolute atomic E-state index is 10.9. The fraction of sp³-hybridized carbons (Fsp3) is 0.909. The van der Waals surface area contributed by atoms with Gasteiger partial charge < -0.3 is 10.1 Å². The largest absolute Gasteiger partial charge is 0.469 e. The molecule has 1 N–H and O–H groups in total. The average Bonchev–Trinajstić information content (AvgIpc) is 2.21. The van der Waals surface area contributed by atoms with Gasteiger partial charge in [0.1, 0.15) is 0 Å². The van der Waals surface area contributed by atoms with Gasteiger partial charge in [0.05, 0.1) is 13.5 Å². The molecule has 1 atom stereocenters. The summed E-state index contributed by atoms with van der Waals surface area (Å²) in [6.07, 6.45) is 0.512. The van der Waals surface area contributed by atoms with Crippen molar-refractivity contribution in [1.29, 1.82) is 0 Å². The molecule has 1 unspecified atom stereocenters. The number of rotatable bonds is 8. The lowest BCUT2D eigenvalue weighted by atomic mass is 10.1. The number of hydrogen-bond donors (Lipinski definition) is 1. The molecule has 0 saturated heterocycles. The lowest BCUT2D eigenvalue weighted by Crippen LogP contribution is -2.35. The zero-order chi connectivity index (χ0) is 11.7. The van der Waals surface area contributed by atoms with Gasteiger partial charge in [-0.1, -0.05) is 20.8 Å². The second-order valence-corrected chi connectivity index (χ2v) is 4.96. The molecule has 15 heavy (non-hydrogen) atoms. The van der Waals surface area contributed by atoms with Crippen molar-refractivity contribution < 1.29 is 9.53 Å². The molecule has 0 aliphatic rings. The Morgan fingerprint density at radius 3 is 2.60 bits per heavy atom. The molecule has 0 aromatic heterocycles. The second kappa shape index (κ2) is 9.04. The Morgan fingerprint density at radius 2 is 2.13 bits per heavy atom. The van der Waals surface area contributed by atoms with E-state index in [1.807, 2.05) is 11.8 Å². The Bertz CT molecular complexity index is 174. The highest BCUT2D eigenvalue weighted by molar-refractivity contribution is 7.99. The van der Waals surface area contributed by atoms with Crippen LogP contribution in [0.3, 0.4) is 0 Å². The van der Waals surface area contributed by atoms with E-state index < -0.39 is 0 Å². The molecule has 0 aliphatic heterocycles. The first-order valence-corrected chi connectivity index (χ1v) is 6.65. The summed E-state index contributed by atoms with van der Waals surface area (Å²) in [6.45, 7) is 7.55. The Labute approximate surface area is 97.3 Å². The quantitative estimate of drug-likeness (QED) is 0.513. The first-order valence-electron chi connectivity index (χ1n) is 5.49. The molecular weight excluding hydrogens is 210 g/mol. The average molecular weight is 233 g/mol. The van der Waals surface area contributed by atoms with Gasteiger partial charge in [0.2, 0.25) is 0 Å². The van der Waals surface area contributed by atoms with E-state index in [1.54, 1.807) is 0 Å². The molecule has 0 bridgehead atoms. The van der Waals surface area contributed by atoms with Crippen LogP contribution in [0.15, 0.2) is 0 Å². The van der Waals surface area contributed by atoms with E-state index >= 15 is 0 Å². The van der Waals surface area contributed by atoms with E-state index in [1.165, 1.54) is 7.11 Å². The van der Waals surface area contributed by atoms with Crippen LogP contribution in [0.4, 0.5) is 0 Å². The normalized spacial score (nSPS) is 12.9. The van der Waals surface area contributed by atoms with Crippen LogP contribution in [0.1, 0.15) is 27.2 Å². The molecule has 0 amide bonds. The molecule has 0 aromatic rings. The van der Waals surface area contributed by atoms with Crippen LogP contribution in [-0.4, -0.2) is 37.2 Å². The number of hydrogen-bond acceptors (Lipinski definition) is 4. The lowest BCUT2D eigenvalue weighted by Gasteiger charge is -2.21. The van der Waals surface area contributed by atoms with Crippen molar-refractivity contribution >= 4 is 17.7 Å². The van der Waals surface area contributed by atoms with Crippen LogP contribution >= 0.6 is 11.8 Å². The summed E-state index contributed by atoms with van der Waals surface area (Å²) in [5, 5.41) is 3.45. The Morgan fingerprint density at radius 1 is 1.47 bits per heavy atom. The standard InChI is InChI=1S/C11H23NO2S/c1-5-12-10(9(2)3)8-15-7-6-11(13)14-4/h9-10,12H,5-8H2,1-4H3. The molecule has 0 aliphatic carbocycles. The summed E-state index contributed by atoms with van der Waals surface area (Å²) in [4.78, 5) is 10.9. The number of nitrogens with one attached hydrogen (secondary N) is 1. The summed E-state index contributed by atoms with van der Waals surface area (Å²) in [5.74, 6) is 2.42. The van der Waals surface area contributed by atoms with Gasteiger partial charge in [0.15, 0.2) is 0 Å².